The zero-order chi connectivity index (χ0) is 16.7. The molecule has 1 aliphatic heterocycles. The van der Waals surface area contributed by atoms with E-state index >= 15 is 0 Å². The van der Waals surface area contributed by atoms with E-state index in [2.05, 4.69) is 10.4 Å². The highest BCUT2D eigenvalue weighted by Crippen LogP contribution is 2.15. The fourth-order valence-corrected chi connectivity index (χ4v) is 2.07. The van der Waals surface area contributed by atoms with Crippen molar-refractivity contribution in [1.29, 1.82) is 0 Å². The van der Waals surface area contributed by atoms with E-state index in [0.29, 0.717) is 6.61 Å². The summed E-state index contributed by atoms with van der Waals surface area (Å²) in [4.78, 5) is 33.4. The molecule has 1 heterocycles. The van der Waals surface area contributed by atoms with Crippen LogP contribution < -0.4 is 10.7 Å². The van der Waals surface area contributed by atoms with Gasteiger partial charge in [0.15, 0.2) is 0 Å². The number of para-hydroxylation sites is 1. The van der Waals surface area contributed by atoms with Gasteiger partial charge in [0.25, 0.3) is 5.69 Å². The summed E-state index contributed by atoms with van der Waals surface area (Å²) in [5, 5.41) is 16.8. The first kappa shape index (κ1) is 16.6. The van der Waals surface area contributed by atoms with Crippen LogP contribution in [-0.4, -0.2) is 42.2 Å². The highest BCUT2D eigenvalue weighted by atomic mass is 16.6. The Morgan fingerprint density at radius 3 is 2.87 bits per heavy atom. The maximum Gasteiger partial charge on any atom is 0.329 e. The van der Waals surface area contributed by atoms with E-state index in [4.69, 9.17) is 4.74 Å². The van der Waals surface area contributed by atoms with Crippen LogP contribution in [0.3, 0.4) is 0 Å². The van der Waals surface area contributed by atoms with Gasteiger partial charge in [-0.25, -0.2) is 5.43 Å². The van der Waals surface area contributed by atoms with Gasteiger partial charge in [-0.05, 0) is 18.9 Å². The molecule has 1 aromatic rings. The first-order valence-electron chi connectivity index (χ1n) is 7.04. The van der Waals surface area contributed by atoms with Gasteiger partial charge in [-0.2, -0.15) is 5.10 Å². The Kier molecular flexibility index (Phi) is 5.75. The van der Waals surface area contributed by atoms with Gasteiger partial charge in [-0.1, -0.05) is 12.1 Å². The highest BCUT2D eigenvalue weighted by molar-refractivity contribution is 6.35. The molecule has 2 amide bonds. The molecule has 9 nitrogen and oxygen atoms in total. The summed E-state index contributed by atoms with van der Waals surface area (Å²) in [7, 11) is 0. The van der Waals surface area contributed by atoms with Crippen LogP contribution in [0.4, 0.5) is 5.69 Å². The van der Waals surface area contributed by atoms with E-state index in [9.17, 15) is 19.7 Å². The first-order valence-corrected chi connectivity index (χ1v) is 7.04. The average Bonchev–Trinajstić information content (AvgIpc) is 3.06. The van der Waals surface area contributed by atoms with Gasteiger partial charge in [-0.15, -0.1) is 0 Å². The molecule has 2 rings (SSSR count). The molecule has 1 atom stereocenters. The zero-order valence-electron chi connectivity index (χ0n) is 12.2. The van der Waals surface area contributed by atoms with Crippen LogP contribution in [-0.2, 0) is 14.3 Å². The van der Waals surface area contributed by atoms with Crippen LogP contribution in [0.2, 0.25) is 0 Å². The number of nitro groups is 1. The van der Waals surface area contributed by atoms with Gasteiger partial charge in [0.1, 0.15) is 0 Å². The van der Waals surface area contributed by atoms with E-state index in [0.717, 1.165) is 19.1 Å². The summed E-state index contributed by atoms with van der Waals surface area (Å²) in [6.45, 7) is 0.924. The van der Waals surface area contributed by atoms with Crippen molar-refractivity contribution in [1.82, 2.24) is 10.7 Å². The van der Waals surface area contributed by atoms with E-state index in [1.54, 1.807) is 6.07 Å². The predicted octanol–water partition coefficient (Wildman–Crippen LogP) is 0.340. The van der Waals surface area contributed by atoms with Gasteiger partial charge in [0.05, 0.1) is 22.8 Å². The number of carbonyl (C=O) groups is 2. The molecule has 1 aromatic carbocycles. The average molecular weight is 320 g/mol. The molecule has 0 bridgehead atoms. The number of benzene rings is 1. The van der Waals surface area contributed by atoms with Gasteiger partial charge >= 0.3 is 11.8 Å². The molecule has 1 fully saturated rings. The Hall–Kier alpha value is -2.81. The number of rotatable bonds is 5. The fourth-order valence-electron chi connectivity index (χ4n) is 2.07. The number of ether oxygens (including phenoxy) is 1. The number of hydrogen-bond acceptors (Lipinski definition) is 6. The first-order chi connectivity index (χ1) is 11.1. The Labute approximate surface area is 131 Å². The minimum atomic E-state index is -0.946. The van der Waals surface area contributed by atoms with E-state index < -0.39 is 16.7 Å². The summed E-state index contributed by atoms with van der Waals surface area (Å²) >= 11 is 0. The van der Waals surface area contributed by atoms with Crippen molar-refractivity contribution in [2.24, 2.45) is 5.10 Å². The van der Waals surface area contributed by atoms with Crippen LogP contribution >= 0.6 is 0 Å². The lowest BCUT2D eigenvalue weighted by atomic mass is 10.2. The van der Waals surface area contributed by atoms with Crippen LogP contribution in [0.25, 0.3) is 0 Å². The molecule has 23 heavy (non-hydrogen) atoms. The largest absolute Gasteiger partial charge is 0.376 e. The normalized spacial score (nSPS) is 17.1. The Bertz CT molecular complexity index is 625. The monoisotopic (exact) mass is 320 g/mol. The number of nitrogens with zero attached hydrogens (tertiary/aromatic N) is 2. The van der Waals surface area contributed by atoms with Crippen LogP contribution in [0.5, 0.6) is 0 Å². The SMILES string of the molecule is O=C(NC[C@H]1CCCO1)C(=O)N/N=C\c1ccccc1[N+](=O)[O-]. The van der Waals surface area contributed by atoms with Gasteiger partial charge in [-0.3, -0.25) is 19.7 Å². The maximum atomic E-state index is 11.6. The molecule has 0 radical (unpaired) electrons. The third-order valence-corrected chi connectivity index (χ3v) is 3.22. The van der Waals surface area contributed by atoms with Gasteiger partial charge < -0.3 is 10.1 Å². The van der Waals surface area contributed by atoms with Crippen LogP contribution in [0, 0.1) is 10.1 Å². The van der Waals surface area contributed by atoms with Crippen LogP contribution in [0.1, 0.15) is 18.4 Å². The van der Waals surface area contributed by atoms with Gasteiger partial charge in [0.2, 0.25) is 0 Å². The minimum Gasteiger partial charge on any atom is -0.376 e. The zero-order valence-corrected chi connectivity index (χ0v) is 12.2. The molecule has 0 unspecified atom stereocenters. The second-order valence-electron chi connectivity index (χ2n) is 4.86. The number of hydrogen-bond donors (Lipinski definition) is 2. The molecule has 122 valence electrons. The number of amides is 2. The number of nitro benzene ring substituents is 1. The van der Waals surface area contributed by atoms with Gasteiger partial charge in [0, 0.05) is 19.2 Å². The maximum absolute atomic E-state index is 11.6. The Balaban J connectivity index is 1.83. The molecule has 0 saturated carbocycles. The molecule has 0 aliphatic carbocycles. The van der Waals surface area contributed by atoms with E-state index in [1.807, 2.05) is 5.43 Å². The number of nitrogens with one attached hydrogen (secondary N) is 2. The standard InChI is InChI=1S/C14H16N4O5/c19-13(15-9-11-5-3-7-23-11)14(20)17-16-8-10-4-1-2-6-12(10)18(21)22/h1-2,4,6,8,11H,3,5,7,9H2,(H,15,19)(H,17,20)/b16-8-/t11-/m1/s1. The smallest absolute Gasteiger partial charge is 0.329 e. The van der Waals surface area contributed by atoms with E-state index in [1.165, 1.54) is 18.2 Å². The molecular weight excluding hydrogens is 304 g/mol. The van der Waals surface area contributed by atoms with Crippen molar-refractivity contribution in [3.63, 3.8) is 0 Å². The van der Waals surface area contributed by atoms with Crippen molar-refractivity contribution in [3.8, 4) is 0 Å². The lowest BCUT2D eigenvalue weighted by Crippen LogP contribution is -2.41. The second kappa shape index (κ2) is 7.99. The van der Waals surface area contributed by atoms with Crippen molar-refractivity contribution in [2.45, 2.75) is 18.9 Å². The second-order valence-corrected chi connectivity index (χ2v) is 4.86. The third-order valence-electron chi connectivity index (χ3n) is 3.22. The summed E-state index contributed by atoms with van der Waals surface area (Å²) in [6, 6.07) is 5.92. The Morgan fingerprint density at radius 1 is 1.39 bits per heavy atom. The summed E-state index contributed by atoms with van der Waals surface area (Å²) in [5.74, 6) is -1.78. The highest BCUT2D eigenvalue weighted by Gasteiger charge is 2.19. The predicted molar refractivity (Wildman–Crippen MR) is 80.8 cm³/mol. The summed E-state index contributed by atoms with van der Waals surface area (Å²) < 4.78 is 5.32. The molecule has 2 N–H and O–H groups in total. The molecular formula is C14H16N4O5. The molecule has 0 spiro atoms. The number of carbonyl (C=O) groups excluding carboxylic acids is 2. The molecule has 9 heteroatoms. The summed E-state index contributed by atoms with van der Waals surface area (Å²) in [6.07, 6.45) is 2.83. The van der Waals surface area contributed by atoms with Crippen molar-refractivity contribution in [2.75, 3.05) is 13.2 Å². The Morgan fingerprint density at radius 2 is 2.17 bits per heavy atom. The molecule has 0 aromatic heterocycles. The van der Waals surface area contributed by atoms with Crippen molar-refractivity contribution >= 4 is 23.7 Å². The molecule has 1 aliphatic rings. The third kappa shape index (κ3) is 4.85. The lowest BCUT2D eigenvalue weighted by molar-refractivity contribution is -0.385. The minimum absolute atomic E-state index is 0.0674. The van der Waals surface area contributed by atoms with E-state index in [-0.39, 0.29) is 23.9 Å². The lowest BCUT2D eigenvalue weighted by Gasteiger charge is -2.09. The molecule has 1 saturated heterocycles. The fraction of sp³-hybridized carbons (Fsp3) is 0.357. The van der Waals surface area contributed by atoms with Crippen LogP contribution in [0.15, 0.2) is 29.4 Å². The summed E-state index contributed by atoms with van der Waals surface area (Å²) in [5.41, 5.74) is 2.10. The topological polar surface area (TPSA) is 123 Å². The van der Waals surface area contributed by atoms with Crippen molar-refractivity contribution < 1.29 is 19.2 Å². The quantitative estimate of drug-likeness (QED) is 0.350. The number of hydrazone groups is 1. The van der Waals surface area contributed by atoms with Crippen molar-refractivity contribution in [3.05, 3.63) is 39.9 Å².